The Morgan fingerprint density at radius 1 is 1.22 bits per heavy atom. The van der Waals surface area contributed by atoms with Crippen LogP contribution in [0.5, 0.6) is 11.5 Å². The molecule has 7 heteroatoms. The second-order valence-electron chi connectivity index (χ2n) is 6.28. The molecule has 0 aromatic heterocycles. The topological polar surface area (TPSA) is 89.9 Å². The molecule has 3 rings (SSSR count). The van der Waals surface area contributed by atoms with Gasteiger partial charge in [-0.15, -0.1) is 6.58 Å². The number of phenolic OH excluding ortho intramolecular Hbond substituents is 2. The van der Waals surface area contributed by atoms with Gasteiger partial charge in [0.05, 0.1) is 10.6 Å². The van der Waals surface area contributed by atoms with Crippen molar-refractivity contribution in [2.45, 2.75) is 19.0 Å². The molecule has 27 heavy (non-hydrogen) atoms. The summed E-state index contributed by atoms with van der Waals surface area (Å²) < 4.78 is 0. The molecule has 1 atom stereocenters. The highest BCUT2D eigenvalue weighted by Gasteiger charge is 2.35. The number of hydrogen-bond donors (Lipinski definition) is 3. The van der Waals surface area contributed by atoms with Crippen LogP contribution in [0.3, 0.4) is 0 Å². The first-order valence-corrected chi connectivity index (χ1v) is 8.78. The molecule has 0 aliphatic carbocycles. The van der Waals surface area contributed by atoms with Crippen LogP contribution in [-0.4, -0.2) is 39.5 Å². The summed E-state index contributed by atoms with van der Waals surface area (Å²) in [5, 5.41) is 22.4. The Morgan fingerprint density at radius 3 is 2.63 bits per heavy atom. The predicted molar refractivity (Wildman–Crippen MR) is 102 cm³/mol. The molecule has 0 radical (unpaired) electrons. The highest BCUT2D eigenvalue weighted by molar-refractivity contribution is 6.32. The Morgan fingerprint density at radius 2 is 1.93 bits per heavy atom. The first-order valence-electron chi connectivity index (χ1n) is 8.40. The predicted octanol–water partition coefficient (Wildman–Crippen LogP) is 2.62. The van der Waals surface area contributed by atoms with Crippen molar-refractivity contribution in [3.8, 4) is 11.5 Å². The van der Waals surface area contributed by atoms with Crippen LogP contribution in [0.4, 0.5) is 0 Å². The zero-order chi connectivity index (χ0) is 19.6. The van der Waals surface area contributed by atoms with Crippen LogP contribution in [0.15, 0.2) is 49.1 Å². The monoisotopic (exact) mass is 386 g/mol. The summed E-state index contributed by atoms with van der Waals surface area (Å²) in [7, 11) is 0. The van der Waals surface area contributed by atoms with Crippen molar-refractivity contribution in [3.63, 3.8) is 0 Å². The van der Waals surface area contributed by atoms with Gasteiger partial charge < -0.3 is 20.4 Å². The van der Waals surface area contributed by atoms with Gasteiger partial charge in [0.1, 0.15) is 17.5 Å². The highest BCUT2D eigenvalue weighted by Crippen LogP contribution is 2.33. The maximum atomic E-state index is 13.1. The standard InChI is InChI=1S/C20H19ClN2O4/c1-2-7-22-19(26)16-8-12-5-3-4-6-13(12)11-23(16)20(27)14-9-15(21)18(25)10-17(14)24/h2-6,9-10,16,24-25H,1,7-8,11H2,(H,22,26)/t16-/m0/s1. The fourth-order valence-corrected chi connectivity index (χ4v) is 3.30. The number of phenols is 2. The molecule has 140 valence electrons. The van der Waals surface area contributed by atoms with Crippen molar-refractivity contribution in [2.75, 3.05) is 6.54 Å². The van der Waals surface area contributed by atoms with Gasteiger partial charge in [0, 0.05) is 25.6 Å². The Kier molecular flexibility index (Phi) is 5.37. The quantitative estimate of drug-likeness (QED) is 0.704. The molecule has 1 aliphatic heterocycles. The number of carbonyl (C=O) groups is 2. The van der Waals surface area contributed by atoms with Crippen molar-refractivity contribution in [1.82, 2.24) is 10.2 Å². The molecule has 1 heterocycles. The lowest BCUT2D eigenvalue weighted by atomic mass is 9.92. The first kappa shape index (κ1) is 18.8. The van der Waals surface area contributed by atoms with Crippen LogP contribution in [0.25, 0.3) is 0 Å². The molecule has 2 amide bonds. The van der Waals surface area contributed by atoms with Crippen LogP contribution in [-0.2, 0) is 17.8 Å². The van der Waals surface area contributed by atoms with Crippen LogP contribution in [0.2, 0.25) is 5.02 Å². The average Bonchev–Trinajstić information content (AvgIpc) is 2.67. The van der Waals surface area contributed by atoms with Crippen LogP contribution in [0, 0.1) is 0 Å². The van der Waals surface area contributed by atoms with E-state index in [1.54, 1.807) is 6.08 Å². The average molecular weight is 387 g/mol. The van der Waals surface area contributed by atoms with E-state index in [9.17, 15) is 19.8 Å². The van der Waals surface area contributed by atoms with Gasteiger partial charge in [0.2, 0.25) is 5.91 Å². The zero-order valence-electron chi connectivity index (χ0n) is 14.5. The number of nitrogens with zero attached hydrogens (tertiary/aromatic N) is 1. The lowest BCUT2D eigenvalue weighted by molar-refractivity contribution is -0.125. The van der Waals surface area contributed by atoms with E-state index >= 15 is 0 Å². The number of carbonyl (C=O) groups excluding carboxylic acids is 2. The Labute approximate surface area is 161 Å². The number of amides is 2. The molecule has 2 aromatic carbocycles. The lowest BCUT2D eigenvalue weighted by Gasteiger charge is -2.36. The minimum Gasteiger partial charge on any atom is -0.507 e. The normalized spacial score (nSPS) is 15.7. The van der Waals surface area contributed by atoms with Crippen LogP contribution >= 0.6 is 11.6 Å². The van der Waals surface area contributed by atoms with E-state index in [0.717, 1.165) is 17.2 Å². The van der Waals surface area contributed by atoms with E-state index in [2.05, 4.69) is 11.9 Å². The number of benzene rings is 2. The molecular weight excluding hydrogens is 368 g/mol. The van der Waals surface area contributed by atoms with Gasteiger partial charge in [0.15, 0.2) is 0 Å². The molecule has 3 N–H and O–H groups in total. The minimum atomic E-state index is -0.737. The summed E-state index contributed by atoms with van der Waals surface area (Å²) in [6.45, 7) is 4.09. The summed E-state index contributed by atoms with van der Waals surface area (Å²) in [5.41, 5.74) is 1.86. The maximum absolute atomic E-state index is 13.1. The Balaban J connectivity index is 1.99. The largest absolute Gasteiger partial charge is 0.507 e. The van der Waals surface area contributed by atoms with E-state index in [-0.39, 0.29) is 35.3 Å². The molecule has 0 saturated heterocycles. The molecule has 0 bridgehead atoms. The van der Waals surface area contributed by atoms with E-state index < -0.39 is 17.7 Å². The molecule has 1 aliphatic rings. The van der Waals surface area contributed by atoms with Crippen molar-refractivity contribution >= 4 is 23.4 Å². The third-order valence-electron chi connectivity index (χ3n) is 4.53. The van der Waals surface area contributed by atoms with Gasteiger partial charge in [-0.2, -0.15) is 0 Å². The second-order valence-corrected chi connectivity index (χ2v) is 6.68. The van der Waals surface area contributed by atoms with Gasteiger partial charge in [-0.25, -0.2) is 0 Å². The minimum absolute atomic E-state index is 0.0544. The van der Waals surface area contributed by atoms with Gasteiger partial charge in [0.25, 0.3) is 5.91 Å². The van der Waals surface area contributed by atoms with Crippen LogP contribution < -0.4 is 5.32 Å². The van der Waals surface area contributed by atoms with Gasteiger partial charge in [-0.05, 0) is 17.2 Å². The molecule has 0 spiro atoms. The third-order valence-corrected chi connectivity index (χ3v) is 4.83. The Hall–Kier alpha value is -2.99. The number of nitrogens with one attached hydrogen (secondary N) is 1. The number of fused-ring (bicyclic) bond motifs is 1. The lowest BCUT2D eigenvalue weighted by Crippen LogP contribution is -2.52. The number of aromatic hydroxyl groups is 2. The summed E-state index contributed by atoms with van der Waals surface area (Å²) in [5.74, 6) is -1.56. The Bertz CT molecular complexity index is 913. The molecular formula is C20H19ClN2O4. The van der Waals surface area contributed by atoms with E-state index in [1.807, 2.05) is 24.3 Å². The maximum Gasteiger partial charge on any atom is 0.258 e. The van der Waals surface area contributed by atoms with Crippen molar-refractivity contribution in [2.24, 2.45) is 0 Å². The number of rotatable bonds is 4. The van der Waals surface area contributed by atoms with E-state index in [4.69, 9.17) is 11.6 Å². The zero-order valence-corrected chi connectivity index (χ0v) is 15.2. The van der Waals surface area contributed by atoms with Crippen molar-refractivity contribution in [1.29, 1.82) is 0 Å². The summed E-state index contributed by atoms with van der Waals surface area (Å²) >= 11 is 5.90. The second kappa shape index (κ2) is 7.72. The molecule has 6 nitrogen and oxygen atoms in total. The molecule has 0 saturated carbocycles. The summed E-state index contributed by atoms with van der Waals surface area (Å²) in [4.78, 5) is 27.2. The SMILES string of the molecule is C=CCNC(=O)[C@@H]1Cc2ccccc2CN1C(=O)c1cc(Cl)c(O)cc1O. The highest BCUT2D eigenvalue weighted by atomic mass is 35.5. The van der Waals surface area contributed by atoms with Gasteiger partial charge >= 0.3 is 0 Å². The summed E-state index contributed by atoms with van der Waals surface area (Å²) in [6.07, 6.45) is 1.92. The van der Waals surface area contributed by atoms with Crippen molar-refractivity contribution in [3.05, 3.63) is 70.8 Å². The molecule has 0 fully saturated rings. The van der Waals surface area contributed by atoms with Crippen molar-refractivity contribution < 1.29 is 19.8 Å². The first-order chi connectivity index (χ1) is 12.9. The number of hydrogen-bond acceptors (Lipinski definition) is 4. The summed E-state index contributed by atoms with van der Waals surface area (Å²) in [6, 6.07) is 9.07. The van der Waals surface area contributed by atoms with Crippen LogP contribution in [0.1, 0.15) is 21.5 Å². The fraction of sp³-hybridized carbons (Fsp3) is 0.200. The number of halogens is 1. The van der Waals surface area contributed by atoms with Gasteiger partial charge in [-0.1, -0.05) is 41.9 Å². The van der Waals surface area contributed by atoms with Gasteiger partial charge in [-0.3, -0.25) is 9.59 Å². The fourth-order valence-electron chi connectivity index (χ4n) is 3.14. The van der Waals surface area contributed by atoms with E-state index in [0.29, 0.717) is 6.42 Å². The molecule has 0 unspecified atom stereocenters. The van der Waals surface area contributed by atoms with E-state index in [1.165, 1.54) is 11.0 Å². The smallest absolute Gasteiger partial charge is 0.258 e. The third kappa shape index (κ3) is 3.75. The molecule has 2 aromatic rings.